The Morgan fingerprint density at radius 1 is 0.918 bits per heavy atom. The molecular weight excluding hydrogens is 795 g/mol. The lowest BCUT2D eigenvalue weighted by molar-refractivity contribution is -0.136. The largest absolute Gasteiger partial charge is 0.382 e. The molecule has 3 N–H and O–H groups in total. The zero-order valence-electron chi connectivity index (χ0n) is 33.9. The summed E-state index contributed by atoms with van der Waals surface area (Å²) < 4.78 is 1.91. The first-order valence-corrected chi connectivity index (χ1v) is 21.7. The van der Waals surface area contributed by atoms with E-state index < -0.39 is 29.7 Å². The molecule has 3 fully saturated rings. The minimum Gasteiger partial charge on any atom is -0.382 e. The second kappa shape index (κ2) is 16.6. The molecule has 1 aromatic carbocycles. The molecular formula is C44H45N11O5S. The predicted octanol–water partition coefficient (Wildman–Crippen LogP) is 5.09. The van der Waals surface area contributed by atoms with Crippen LogP contribution in [0.15, 0.2) is 55.0 Å². The lowest BCUT2D eigenvalue weighted by atomic mass is 9.86. The fourth-order valence-corrected chi connectivity index (χ4v) is 10.0. The van der Waals surface area contributed by atoms with Gasteiger partial charge in [0.15, 0.2) is 5.01 Å². The first-order valence-electron chi connectivity index (χ1n) is 20.9. The molecule has 312 valence electrons. The van der Waals surface area contributed by atoms with Gasteiger partial charge in [-0.2, -0.15) is 5.26 Å². The number of rotatable bonds is 10. The van der Waals surface area contributed by atoms with E-state index in [1.54, 1.807) is 29.7 Å². The van der Waals surface area contributed by atoms with Gasteiger partial charge in [0.2, 0.25) is 17.7 Å². The summed E-state index contributed by atoms with van der Waals surface area (Å²) in [6, 6.07) is 12.4. The number of likely N-dealkylation sites (tertiary alicyclic amines) is 1. The number of nitrogens with one attached hydrogen (secondary N) is 3. The number of carbonyl (C=O) groups excluding carboxylic acids is 5. The third kappa shape index (κ3) is 8.00. The van der Waals surface area contributed by atoms with E-state index in [9.17, 15) is 29.2 Å². The molecule has 1 unspecified atom stereocenters. The van der Waals surface area contributed by atoms with Crippen molar-refractivity contribution in [2.75, 3.05) is 18.4 Å². The van der Waals surface area contributed by atoms with Crippen LogP contribution in [0.4, 0.5) is 5.69 Å². The Balaban J connectivity index is 0.765. The van der Waals surface area contributed by atoms with Gasteiger partial charge in [0.25, 0.3) is 11.8 Å². The molecule has 1 atom stereocenters. The molecule has 61 heavy (non-hydrogen) atoms. The SMILES string of the molecule is CC(C)Nc1cc(-n2ccc3cc(C#N)cnc32)ncc1-c1nnc(C2CCC(NC(=O)C3CCN(Cc4ccc5c(c4)C(=O)N(C4CCC(=O)NC4=O)C5=O)CC3)CC2)s1. The molecule has 5 amide bonds. The Labute approximate surface area is 355 Å². The van der Waals surface area contributed by atoms with Crippen molar-refractivity contribution in [2.24, 2.45) is 5.92 Å². The molecule has 17 heteroatoms. The molecule has 3 aliphatic heterocycles. The van der Waals surface area contributed by atoms with E-state index >= 15 is 0 Å². The van der Waals surface area contributed by atoms with E-state index in [1.165, 1.54) is 0 Å². The number of amides is 5. The maximum absolute atomic E-state index is 13.4. The summed E-state index contributed by atoms with van der Waals surface area (Å²) in [6.45, 7) is 6.20. The minimum absolute atomic E-state index is 0.0708. The molecule has 2 saturated heterocycles. The molecule has 4 aromatic heterocycles. The molecule has 7 heterocycles. The zero-order chi connectivity index (χ0) is 42.4. The number of fused-ring (bicyclic) bond motifs is 2. The van der Waals surface area contributed by atoms with Crippen molar-refractivity contribution in [1.29, 1.82) is 5.26 Å². The molecule has 9 rings (SSSR count). The number of imide groups is 2. The molecule has 1 aliphatic carbocycles. The van der Waals surface area contributed by atoms with Crippen molar-refractivity contribution in [2.45, 2.75) is 95.8 Å². The number of nitrogens with zero attached hydrogens (tertiary/aromatic N) is 8. The van der Waals surface area contributed by atoms with Gasteiger partial charge in [-0.15, -0.1) is 10.2 Å². The van der Waals surface area contributed by atoms with Gasteiger partial charge < -0.3 is 10.6 Å². The van der Waals surface area contributed by atoms with Crippen LogP contribution < -0.4 is 16.0 Å². The molecule has 1 saturated carbocycles. The van der Waals surface area contributed by atoms with Crippen LogP contribution >= 0.6 is 11.3 Å². The summed E-state index contributed by atoms with van der Waals surface area (Å²) in [7, 11) is 0. The summed E-state index contributed by atoms with van der Waals surface area (Å²) in [5.41, 5.74) is 4.42. The monoisotopic (exact) mass is 839 g/mol. The summed E-state index contributed by atoms with van der Waals surface area (Å²) in [5, 5.41) is 30.3. The van der Waals surface area contributed by atoms with Crippen molar-refractivity contribution in [3.63, 3.8) is 0 Å². The second-order valence-corrected chi connectivity index (χ2v) is 17.7. The van der Waals surface area contributed by atoms with Gasteiger partial charge in [0.05, 0.1) is 22.3 Å². The first-order chi connectivity index (χ1) is 29.5. The van der Waals surface area contributed by atoms with E-state index in [0.717, 1.165) is 94.4 Å². The predicted molar refractivity (Wildman–Crippen MR) is 225 cm³/mol. The highest BCUT2D eigenvalue weighted by molar-refractivity contribution is 7.14. The number of aromatic nitrogens is 5. The molecule has 0 bridgehead atoms. The van der Waals surface area contributed by atoms with Crippen LogP contribution in [0.5, 0.6) is 0 Å². The highest BCUT2D eigenvalue weighted by Crippen LogP contribution is 2.39. The number of pyridine rings is 2. The van der Waals surface area contributed by atoms with Gasteiger partial charge >= 0.3 is 0 Å². The molecule has 0 spiro atoms. The fourth-order valence-electron chi connectivity index (χ4n) is 8.99. The van der Waals surface area contributed by atoms with Gasteiger partial charge in [-0.3, -0.25) is 43.7 Å². The third-order valence-corrected chi connectivity index (χ3v) is 13.3. The molecule has 4 aliphatic rings. The number of hydrogen-bond acceptors (Lipinski definition) is 13. The minimum atomic E-state index is -0.994. The molecule has 16 nitrogen and oxygen atoms in total. The van der Waals surface area contributed by atoms with E-state index in [0.29, 0.717) is 17.9 Å². The highest BCUT2D eigenvalue weighted by Gasteiger charge is 2.44. The molecule has 5 aromatic rings. The zero-order valence-corrected chi connectivity index (χ0v) is 34.7. The quantitative estimate of drug-likeness (QED) is 0.157. The third-order valence-electron chi connectivity index (χ3n) is 12.2. The Morgan fingerprint density at radius 3 is 2.46 bits per heavy atom. The van der Waals surface area contributed by atoms with Crippen molar-refractivity contribution in [1.82, 2.24) is 45.2 Å². The topological polar surface area (TPSA) is 208 Å². The van der Waals surface area contributed by atoms with Crippen molar-refractivity contribution in [3.05, 3.63) is 82.3 Å². The van der Waals surface area contributed by atoms with Crippen molar-refractivity contribution < 1.29 is 24.0 Å². The number of piperidine rings is 2. The second-order valence-electron chi connectivity index (χ2n) is 16.7. The number of hydrogen-bond donors (Lipinski definition) is 3. The van der Waals surface area contributed by atoms with Crippen molar-refractivity contribution in [3.8, 4) is 22.5 Å². The summed E-state index contributed by atoms with van der Waals surface area (Å²) >= 11 is 1.59. The fraction of sp³-hybridized carbons (Fsp3) is 0.409. The lowest BCUT2D eigenvalue weighted by Gasteiger charge is -2.33. The Morgan fingerprint density at radius 2 is 1.70 bits per heavy atom. The first kappa shape index (κ1) is 40.0. The highest BCUT2D eigenvalue weighted by atomic mass is 32.1. The molecule has 0 radical (unpaired) electrons. The van der Waals surface area contributed by atoms with Gasteiger partial charge in [0.1, 0.15) is 28.6 Å². The Bertz CT molecular complexity index is 2610. The smallest absolute Gasteiger partial charge is 0.262 e. The maximum Gasteiger partial charge on any atom is 0.262 e. The van der Waals surface area contributed by atoms with Crippen molar-refractivity contribution >= 4 is 57.6 Å². The van der Waals surface area contributed by atoms with E-state index in [2.05, 4.69) is 55.9 Å². The lowest BCUT2D eigenvalue weighted by Crippen LogP contribution is -2.54. The number of nitriles is 1. The normalized spacial score (nSPS) is 21.1. The van der Waals surface area contributed by atoms with Crippen LogP contribution in [0.2, 0.25) is 0 Å². The van der Waals surface area contributed by atoms with Gasteiger partial charge in [0, 0.05) is 72.6 Å². The van der Waals surface area contributed by atoms with E-state index in [4.69, 9.17) is 4.98 Å². The van der Waals surface area contributed by atoms with Crippen LogP contribution in [-0.2, 0) is 20.9 Å². The summed E-state index contributed by atoms with van der Waals surface area (Å²) in [4.78, 5) is 76.4. The van der Waals surface area contributed by atoms with Crippen LogP contribution in [0.1, 0.15) is 108 Å². The van der Waals surface area contributed by atoms with Crippen LogP contribution in [0.25, 0.3) is 27.4 Å². The number of carbonyl (C=O) groups is 5. The Hall–Kier alpha value is -6.38. The summed E-state index contributed by atoms with van der Waals surface area (Å²) in [6.07, 6.45) is 10.5. The van der Waals surface area contributed by atoms with Crippen LogP contribution in [0, 0.1) is 17.2 Å². The van der Waals surface area contributed by atoms with Gasteiger partial charge in [-0.05, 0) is 102 Å². The number of benzene rings is 1. The standard InChI is InChI=1S/C44H45N11O5S/c1-24(2)48-34-19-36(54-16-13-29-17-26(20-45)21-47-38(29)54)46-22-33(34)42-52-51-41(61-42)28-4-6-30(7-5-28)49-39(57)27-11-14-53(15-12-27)23-25-3-8-31-32(18-25)44(60)55(43(31)59)35-9-10-37(56)50-40(35)58/h3,8,13,16-19,21-22,24,27-28,30,35H,4-7,9-12,14-15,23H2,1-2H3,(H,46,48)(H,49,57)(H,50,56,58). The van der Waals surface area contributed by atoms with Gasteiger partial charge in [-0.25, -0.2) is 9.97 Å². The number of anilines is 1. The Kier molecular flexibility index (Phi) is 10.9. The average Bonchev–Trinajstić information content (AvgIpc) is 3.98. The van der Waals surface area contributed by atoms with Crippen LogP contribution in [0.3, 0.4) is 0 Å². The summed E-state index contributed by atoms with van der Waals surface area (Å²) in [5.74, 6) is -1.06. The van der Waals surface area contributed by atoms with E-state index in [-0.39, 0.29) is 53.8 Å². The van der Waals surface area contributed by atoms with Crippen LogP contribution in [-0.4, -0.2) is 95.3 Å². The average molecular weight is 840 g/mol. The van der Waals surface area contributed by atoms with Gasteiger partial charge in [-0.1, -0.05) is 17.4 Å². The van der Waals surface area contributed by atoms with E-state index in [1.807, 2.05) is 41.2 Å². The maximum atomic E-state index is 13.4.